The number of aromatic nitrogens is 4. The van der Waals surface area contributed by atoms with E-state index < -0.39 is 30.7 Å². The molecule has 0 saturated heterocycles. The van der Waals surface area contributed by atoms with Crippen molar-refractivity contribution in [2.45, 2.75) is 89.4 Å². The highest BCUT2D eigenvalue weighted by Crippen LogP contribution is 2.45. The number of nitrogens with one attached hydrogen (secondary N) is 1. The summed E-state index contributed by atoms with van der Waals surface area (Å²) in [5.41, 5.74) is 1.96. The quantitative estimate of drug-likeness (QED) is 0.440. The summed E-state index contributed by atoms with van der Waals surface area (Å²) in [6.07, 6.45) is 4.45. The molecule has 1 N–H and O–H groups in total. The van der Waals surface area contributed by atoms with E-state index in [1.54, 1.807) is 11.1 Å². The number of imidazole rings is 1. The summed E-state index contributed by atoms with van der Waals surface area (Å²) in [4.78, 5) is 28.7. The van der Waals surface area contributed by atoms with Crippen LogP contribution in [0.3, 0.4) is 0 Å². The lowest BCUT2D eigenvalue weighted by Crippen LogP contribution is -2.46. The molecule has 12 heteroatoms. The van der Waals surface area contributed by atoms with Gasteiger partial charge in [0.2, 0.25) is 11.5 Å². The molecule has 5 rings (SSSR count). The van der Waals surface area contributed by atoms with Gasteiger partial charge in [0.15, 0.2) is 5.76 Å². The zero-order valence-electron chi connectivity index (χ0n) is 21.6. The smallest absolute Gasteiger partial charge is 0.389 e. The molecule has 4 bridgehead atoms. The molecule has 1 fully saturated rings. The first-order valence-corrected chi connectivity index (χ1v) is 13.3. The van der Waals surface area contributed by atoms with Gasteiger partial charge in [0.05, 0.1) is 12.3 Å². The van der Waals surface area contributed by atoms with Crippen molar-refractivity contribution in [2.75, 3.05) is 13.2 Å². The minimum atomic E-state index is -4.28. The van der Waals surface area contributed by atoms with E-state index in [9.17, 15) is 18.0 Å². The zero-order chi connectivity index (χ0) is 26.9. The van der Waals surface area contributed by atoms with Crippen LogP contribution in [0.2, 0.25) is 0 Å². The van der Waals surface area contributed by atoms with E-state index in [2.05, 4.69) is 10.3 Å². The monoisotopic (exact) mass is 534 g/mol. The first-order valence-electron chi connectivity index (χ1n) is 13.3. The number of halogens is 3. The van der Waals surface area contributed by atoms with Gasteiger partial charge in [-0.2, -0.15) is 13.2 Å². The molecule has 9 nitrogen and oxygen atoms in total. The highest BCUT2D eigenvalue weighted by Gasteiger charge is 2.35. The molecule has 2 atom stereocenters. The van der Waals surface area contributed by atoms with Gasteiger partial charge in [-0.05, 0) is 52.4 Å². The van der Waals surface area contributed by atoms with Crippen molar-refractivity contribution in [3.8, 4) is 17.3 Å². The molecular weight excluding hydrogens is 501 g/mol. The summed E-state index contributed by atoms with van der Waals surface area (Å²) in [6.45, 7) is 4.37. The lowest BCUT2D eigenvalue weighted by atomic mass is 10.0. The summed E-state index contributed by atoms with van der Waals surface area (Å²) >= 11 is 0. The Morgan fingerprint density at radius 1 is 1.16 bits per heavy atom. The number of hydrogen-bond donors (Lipinski definition) is 1. The third-order valence-corrected chi connectivity index (χ3v) is 7.18. The number of nitrogens with zero attached hydrogens (tertiary/aromatic N) is 5. The maximum absolute atomic E-state index is 13.3. The minimum absolute atomic E-state index is 0.166. The Morgan fingerprint density at radius 3 is 2.71 bits per heavy atom. The molecule has 4 heterocycles. The standard InChI is InChI=1S/C26H33F3N6O3/c1-3-35-16(2)23-33-20(17-8-9-17)21(38-23)19-15-34-13-12-30-22(34)24(32-19)37-14-6-4-5-7-18(31-25(35)36)10-11-26(27,28)29/h12-13,15-18H,3-11,14H2,1-2H3,(H,31,36). The number of ether oxygens (including phenoxy) is 1. The van der Waals surface area contributed by atoms with Crippen LogP contribution in [0.25, 0.3) is 17.1 Å². The third-order valence-electron chi connectivity index (χ3n) is 7.18. The van der Waals surface area contributed by atoms with Gasteiger partial charge in [-0.25, -0.2) is 19.7 Å². The normalized spacial score (nSPS) is 21.7. The second-order valence-corrected chi connectivity index (χ2v) is 10.1. The Hall–Kier alpha value is -3.31. The molecule has 0 aromatic carbocycles. The molecule has 2 amide bonds. The fourth-order valence-electron chi connectivity index (χ4n) is 4.90. The Labute approximate surface area is 218 Å². The molecule has 1 aliphatic carbocycles. The average molecular weight is 535 g/mol. The van der Waals surface area contributed by atoms with Crippen LogP contribution in [-0.2, 0) is 0 Å². The summed E-state index contributed by atoms with van der Waals surface area (Å²) in [7, 11) is 0. The van der Waals surface area contributed by atoms with Crippen molar-refractivity contribution in [3.63, 3.8) is 0 Å². The molecule has 0 spiro atoms. The molecule has 38 heavy (non-hydrogen) atoms. The van der Waals surface area contributed by atoms with Crippen LogP contribution in [0.4, 0.5) is 18.0 Å². The van der Waals surface area contributed by atoms with Gasteiger partial charge in [0.1, 0.15) is 11.7 Å². The van der Waals surface area contributed by atoms with E-state index in [0.29, 0.717) is 61.3 Å². The van der Waals surface area contributed by atoms with E-state index in [1.807, 2.05) is 30.6 Å². The van der Waals surface area contributed by atoms with Crippen molar-refractivity contribution in [2.24, 2.45) is 0 Å². The number of amides is 2. The number of carbonyl (C=O) groups excluding carboxylic acids is 1. The van der Waals surface area contributed by atoms with Gasteiger partial charge >= 0.3 is 12.2 Å². The predicted octanol–water partition coefficient (Wildman–Crippen LogP) is 6.02. The SMILES string of the molecule is CCN1C(=O)NC(CCC(F)(F)F)CCCCCOc2nc(cn3ccnc23)-c2oc(nc2C2CC2)C1C. The lowest BCUT2D eigenvalue weighted by molar-refractivity contribution is -0.136. The molecule has 2 unspecified atom stereocenters. The first kappa shape index (κ1) is 26.3. The fraction of sp³-hybridized carbons (Fsp3) is 0.615. The molecule has 3 aromatic rings. The van der Waals surface area contributed by atoms with E-state index in [-0.39, 0.29) is 12.3 Å². The van der Waals surface area contributed by atoms with Crippen LogP contribution >= 0.6 is 0 Å². The van der Waals surface area contributed by atoms with Gasteiger partial charge in [-0.1, -0.05) is 6.42 Å². The largest absolute Gasteiger partial charge is 0.475 e. The average Bonchev–Trinajstić information content (AvgIpc) is 3.43. The number of urea groups is 1. The zero-order valence-corrected chi connectivity index (χ0v) is 21.6. The highest BCUT2D eigenvalue weighted by atomic mass is 19.4. The fourth-order valence-corrected chi connectivity index (χ4v) is 4.90. The Balaban J connectivity index is 1.50. The van der Waals surface area contributed by atoms with Crippen LogP contribution in [0, 0.1) is 0 Å². The Bertz CT molecular complexity index is 1270. The van der Waals surface area contributed by atoms with Crippen molar-refractivity contribution < 1.29 is 27.1 Å². The van der Waals surface area contributed by atoms with Crippen LogP contribution in [-0.4, -0.2) is 55.7 Å². The Morgan fingerprint density at radius 2 is 1.97 bits per heavy atom. The van der Waals surface area contributed by atoms with E-state index in [1.165, 1.54) is 0 Å². The molecule has 0 radical (unpaired) electrons. The maximum atomic E-state index is 13.3. The number of hydrogen-bond acceptors (Lipinski definition) is 6. The number of carbonyl (C=O) groups is 1. The van der Waals surface area contributed by atoms with Crippen molar-refractivity contribution >= 4 is 11.7 Å². The summed E-state index contributed by atoms with van der Waals surface area (Å²) in [5.74, 6) is 1.55. The third kappa shape index (κ3) is 5.88. The summed E-state index contributed by atoms with van der Waals surface area (Å²) < 4.78 is 53.1. The van der Waals surface area contributed by atoms with Crippen LogP contribution in [0.1, 0.15) is 88.8 Å². The number of alkyl halides is 3. The summed E-state index contributed by atoms with van der Waals surface area (Å²) in [6, 6.07) is -1.55. The number of rotatable bonds is 4. The van der Waals surface area contributed by atoms with Gasteiger partial charge in [-0.15, -0.1) is 0 Å². The minimum Gasteiger partial charge on any atom is -0.475 e. The lowest BCUT2D eigenvalue weighted by Gasteiger charge is -2.29. The van der Waals surface area contributed by atoms with Gasteiger partial charge in [0.25, 0.3) is 5.88 Å². The molecule has 3 aromatic heterocycles. The second kappa shape index (κ2) is 10.8. The van der Waals surface area contributed by atoms with Crippen LogP contribution in [0.5, 0.6) is 5.88 Å². The summed E-state index contributed by atoms with van der Waals surface area (Å²) in [5, 5.41) is 2.85. The van der Waals surface area contributed by atoms with E-state index in [4.69, 9.17) is 19.1 Å². The molecule has 2 aliphatic rings. The first-order chi connectivity index (χ1) is 18.2. The molecule has 206 valence electrons. The number of oxazole rings is 1. The van der Waals surface area contributed by atoms with Crippen LogP contribution < -0.4 is 10.1 Å². The van der Waals surface area contributed by atoms with Crippen molar-refractivity contribution in [1.82, 2.24) is 29.6 Å². The Kier molecular flexibility index (Phi) is 7.49. The van der Waals surface area contributed by atoms with Crippen molar-refractivity contribution in [3.05, 3.63) is 30.2 Å². The topological polar surface area (TPSA) is 97.8 Å². The van der Waals surface area contributed by atoms with Gasteiger partial charge in [-0.3, -0.25) is 0 Å². The molecule has 1 aliphatic heterocycles. The van der Waals surface area contributed by atoms with E-state index >= 15 is 0 Å². The molecule has 1 saturated carbocycles. The van der Waals surface area contributed by atoms with E-state index in [0.717, 1.165) is 25.0 Å². The second-order valence-electron chi connectivity index (χ2n) is 10.1. The maximum Gasteiger partial charge on any atom is 0.389 e. The van der Waals surface area contributed by atoms with Crippen molar-refractivity contribution in [1.29, 1.82) is 0 Å². The number of fused-ring (bicyclic) bond motifs is 7. The predicted molar refractivity (Wildman–Crippen MR) is 133 cm³/mol. The highest BCUT2D eigenvalue weighted by molar-refractivity contribution is 5.75. The molecular formula is C26H33F3N6O3. The van der Waals surface area contributed by atoms with Crippen LogP contribution in [0.15, 0.2) is 23.0 Å². The van der Waals surface area contributed by atoms with Gasteiger partial charge in [0, 0.05) is 43.5 Å². The van der Waals surface area contributed by atoms with Gasteiger partial charge < -0.3 is 23.8 Å².